The predicted octanol–water partition coefficient (Wildman–Crippen LogP) is 2.63. The second-order valence-electron chi connectivity index (χ2n) is 6.77. The van der Waals surface area contributed by atoms with Gasteiger partial charge in [0.15, 0.2) is 0 Å². The maximum Gasteiger partial charge on any atom is 0.337 e. The van der Waals surface area contributed by atoms with E-state index >= 15 is 0 Å². The summed E-state index contributed by atoms with van der Waals surface area (Å²) in [6, 6.07) is 7.67. The van der Waals surface area contributed by atoms with Crippen molar-refractivity contribution in [2.75, 3.05) is 38.2 Å². The van der Waals surface area contributed by atoms with E-state index in [1.54, 1.807) is 0 Å². The van der Waals surface area contributed by atoms with Crippen molar-refractivity contribution in [3.63, 3.8) is 0 Å². The molecule has 140 valence electrons. The molecular formula is C20H28N4O2. The van der Waals surface area contributed by atoms with Gasteiger partial charge in [0.05, 0.1) is 18.4 Å². The molecule has 0 amide bonds. The molecule has 6 heteroatoms. The lowest BCUT2D eigenvalue weighted by molar-refractivity contribution is 0.0601. The smallest absolute Gasteiger partial charge is 0.337 e. The van der Waals surface area contributed by atoms with Crippen LogP contribution in [0.4, 0.5) is 5.69 Å². The molecule has 2 aromatic rings. The number of aryl methyl sites for hydroxylation is 2. The summed E-state index contributed by atoms with van der Waals surface area (Å²) in [4.78, 5) is 16.4. The van der Waals surface area contributed by atoms with Gasteiger partial charge in [0, 0.05) is 56.2 Å². The van der Waals surface area contributed by atoms with Gasteiger partial charge in [0.1, 0.15) is 0 Å². The number of carbonyl (C=O) groups is 1. The SMILES string of the molecule is CCn1nc(C)c(CN2CCN(c3ccc(C(=O)OC)cc3)CC2)c1C. The zero-order valence-electron chi connectivity index (χ0n) is 16.2. The lowest BCUT2D eigenvalue weighted by Crippen LogP contribution is -2.46. The van der Waals surface area contributed by atoms with Crippen LogP contribution < -0.4 is 4.90 Å². The number of piperazine rings is 1. The maximum absolute atomic E-state index is 11.5. The Morgan fingerprint density at radius 3 is 2.31 bits per heavy atom. The van der Waals surface area contributed by atoms with E-state index in [1.165, 1.54) is 18.4 Å². The molecule has 0 atom stereocenters. The Morgan fingerprint density at radius 1 is 1.12 bits per heavy atom. The van der Waals surface area contributed by atoms with Crippen LogP contribution in [-0.4, -0.2) is 53.9 Å². The molecule has 0 unspecified atom stereocenters. The highest BCUT2D eigenvalue weighted by Crippen LogP contribution is 2.20. The first kappa shape index (κ1) is 18.5. The fraction of sp³-hybridized carbons (Fsp3) is 0.500. The van der Waals surface area contributed by atoms with Gasteiger partial charge >= 0.3 is 5.97 Å². The number of rotatable bonds is 5. The van der Waals surface area contributed by atoms with Gasteiger partial charge < -0.3 is 9.64 Å². The number of anilines is 1. The first-order valence-corrected chi connectivity index (χ1v) is 9.22. The van der Waals surface area contributed by atoms with Crippen LogP contribution in [0, 0.1) is 13.8 Å². The van der Waals surface area contributed by atoms with Crippen LogP contribution in [0.15, 0.2) is 24.3 Å². The minimum atomic E-state index is -0.292. The standard InChI is InChI=1S/C20H28N4O2/c1-5-24-16(3)19(15(2)21-24)14-22-10-12-23(13-11-22)18-8-6-17(7-9-18)20(25)26-4/h6-9H,5,10-14H2,1-4H3. The van der Waals surface area contributed by atoms with Crippen LogP contribution in [0.3, 0.4) is 0 Å². The molecule has 0 bridgehead atoms. The lowest BCUT2D eigenvalue weighted by Gasteiger charge is -2.36. The number of benzene rings is 1. The highest BCUT2D eigenvalue weighted by Gasteiger charge is 2.20. The first-order valence-electron chi connectivity index (χ1n) is 9.22. The molecule has 2 heterocycles. The Bertz CT molecular complexity index is 759. The van der Waals surface area contributed by atoms with E-state index < -0.39 is 0 Å². The van der Waals surface area contributed by atoms with E-state index in [4.69, 9.17) is 4.74 Å². The minimum Gasteiger partial charge on any atom is -0.465 e. The van der Waals surface area contributed by atoms with Gasteiger partial charge in [-0.25, -0.2) is 4.79 Å². The predicted molar refractivity (Wildman–Crippen MR) is 103 cm³/mol. The number of hydrogen-bond donors (Lipinski definition) is 0. The number of ether oxygens (including phenoxy) is 1. The zero-order valence-corrected chi connectivity index (χ0v) is 16.2. The van der Waals surface area contributed by atoms with Crippen molar-refractivity contribution in [1.82, 2.24) is 14.7 Å². The van der Waals surface area contributed by atoms with Crippen molar-refractivity contribution in [2.45, 2.75) is 33.9 Å². The highest BCUT2D eigenvalue weighted by atomic mass is 16.5. The molecular weight excluding hydrogens is 328 g/mol. The van der Waals surface area contributed by atoms with Crippen LogP contribution in [0.5, 0.6) is 0 Å². The summed E-state index contributed by atoms with van der Waals surface area (Å²) in [6.07, 6.45) is 0. The summed E-state index contributed by atoms with van der Waals surface area (Å²) >= 11 is 0. The Kier molecular flexibility index (Phi) is 5.61. The quantitative estimate of drug-likeness (QED) is 0.771. The number of carbonyl (C=O) groups excluding carboxylic acids is 1. The maximum atomic E-state index is 11.5. The van der Waals surface area contributed by atoms with Gasteiger partial charge in [-0.15, -0.1) is 0 Å². The number of methoxy groups -OCH3 is 1. The van der Waals surface area contributed by atoms with Gasteiger partial charge in [-0.05, 0) is 45.0 Å². The van der Waals surface area contributed by atoms with E-state index in [1.807, 2.05) is 24.3 Å². The molecule has 1 fully saturated rings. The summed E-state index contributed by atoms with van der Waals surface area (Å²) in [5.41, 5.74) is 5.54. The topological polar surface area (TPSA) is 50.6 Å². The average molecular weight is 356 g/mol. The molecule has 0 saturated carbocycles. The van der Waals surface area contributed by atoms with Crippen molar-refractivity contribution < 1.29 is 9.53 Å². The Morgan fingerprint density at radius 2 is 1.77 bits per heavy atom. The molecule has 1 aromatic carbocycles. The number of esters is 1. The van der Waals surface area contributed by atoms with Crippen LogP contribution in [0.2, 0.25) is 0 Å². The molecule has 3 rings (SSSR count). The third-order valence-corrected chi connectivity index (χ3v) is 5.24. The average Bonchev–Trinajstić information content (AvgIpc) is 2.95. The molecule has 1 aromatic heterocycles. The largest absolute Gasteiger partial charge is 0.465 e. The Labute approximate surface area is 155 Å². The van der Waals surface area contributed by atoms with Crippen molar-refractivity contribution in [2.24, 2.45) is 0 Å². The van der Waals surface area contributed by atoms with Crippen LogP contribution in [-0.2, 0) is 17.8 Å². The van der Waals surface area contributed by atoms with Crippen molar-refractivity contribution in [3.8, 4) is 0 Å². The summed E-state index contributed by atoms with van der Waals surface area (Å²) in [6.45, 7) is 12.3. The van der Waals surface area contributed by atoms with Crippen LogP contribution in [0.1, 0.15) is 34.2 Å². The first-order chi connectivity index (χ1) is 12.5. The molecule has 26 heavy (non-hydrogen) atoms. The third kappa shape index (κ3) is 3.75. The Balaban J connectivity index is 1.59. The van der Waals surface area contributed by atoms with Crippen molar-refractivity contribution >= 4 is 11.7 Å². The number of hydrogen-bond acceptors (Lipinski definition) is 5. The third-order valence-electron chi connectivity index (χ3n) is 5.24. The molecule has 0 aliphatic carbocycles. The molecule has 1 aliphatic heterocycles. The fourth-order valence-electron chi connectivity index (χ4n) is 3.58. The normalized spacial score (nSPS) is 15.3. The highest BCUT2D eigenvalue weighted by molar-refractivity contribution is 5.89. The Hall–Kier alpha value is -2.34. The van der Waals surface area contributed by atoms with Gasteiger partial charge in [-0.1, -0.05) is 0 Å². The van der Waals surface area contributed by atoms with Crippen LogP contribution in [0.25, 0.3) is 0 Å². The minimum absolute atomic E-state index is 0.292. The molecule has 0 radical (unpaired) electrons. The number of nitrogens with zero attached hydrogens (tertiary/aromatic N) is 4. The van der Waals surface area contributed by atoms with E-state index in [0.717, 1.165) is 50.6 Å². The van der Waals surface area contributed by atoms with Crippen LogP contribution >= 0.6 is 0 Å². The molecule has 1 saturated heterocycles. The molecule has 6 nitrogen and oxygen atoms in total. The summed E-state index contributed by atoms with van der Waals surface area (Å²) in [7, 11) is 1.41. The van der Waals surface area contributed by atoms with E-state index in [0.29, 0.717) is 5.56 Å². The van der Waals surface area contributed by atoms with Gasteiger partial charge in [0.25, 0.3) is 0 Å². The molecule has 1 aliphatic rings. The summed E-state index contributed by atoms with van der Waals surface area (Å²) in [5, 5.41) is 4.63. The van der Waals surface area contributed by atoms with Gasteiger partial charge in [-0.2, -0.15) is 5.10 Å². The summed E-state index contributed by atoms with van der Waals surface area (Å²) in [5.74, 6) is -0.292. The second-order valence-corrected chi connectivity index (χ2v) is 6.77. The second kappa shape index (κ2) is 7.91. The molecule has 0 spiro atoms. The van der Waals surface area contributed by atoms with E-state index in [2.05, 4.69) is 40.4 Å². The fourth-order valence-corrected chi connectivity index (χ4v) is 3.58. The van der Waals surface area contributed by atoms with Crippen molar-refractivity contribution in [3.05, 3.63) is 46.8 Å². The van der Waals surface area contributed by atoms with Crippen molar-refractivity contribution in [1.29, 1.82) is 0 Å². The van der Waals surface area contributed by atoms with Gasteiger partial charge in [-0.3, -0.25) is 9.58 Å². The van der Waals surface area contributed by atoms with Gasteiger partial charge in [0.2, 0.25) is 0 Å². The monoisotopic (exact) mass is 356 g/mol. The van der Waals surface area contributed by atoms with E-state index in [9.17, 15) is 4.79 Å². The van der Waals surface area contributed by atoms with E-state index in [-0.39, 0.29) is 5.97 Å². The molecule has 0 N–H and O–H groups in total. The zero-order chi connectivity index (χ0) is 18.7. The lowest BCUT2D eigenvalue weighted by atomic mass is 10.1. The summed E-state index contributed by atoms with van der Waals surface area (Å²) < 4.78 is 6.84. The number of aromatic nitrogens is 2.